The summed E-state index contributed by atoms with van der Waals surface area (Å²) in [5.41, 5.74) is 11.9. The molecule has 0 spiro atoms. The van der Waals surface area contributed by atoms with E-state index in [2.05, 4.69) is 193 Å². The molecule has 0 fully saturated rings. The van der Waals surface area contributed by atoms with Gasteiger partial charge in [-0.2, -0.15) is 0 Å². The van der Waals surface area contributed by atoms with Gasteiger partial charge in [0.05, 0.1) is 11.0 Å². The van der Waals surface area contributed by atoms with E-state index in [1.54, 1.807) is 0 Å². The minimum absolute atomic E-state index is 0.579. The van der Waals surface area contributed by atoms with Gasteiger partial charge in [-0.25, -0.2) is 15.0 Å². The molecule has 0 aliphatic rings. The predicted octanol–water partition coefficient (Wildman–Crippen LogP) is 15.5. The molecule has 10 aromatic carbocycles. The third-order valence-electron chi connectivity index (χ3n) is 12.6. The number of hydrogen-bond donors (Lipinski definition) is 0. The lowest BCUT2D eigenvalue weighted by Crippen LogP contribution is -2.03. The Morgan fingerprint density at radius 2 is 0.906 bits per heavy atom. The molecular weight excluding hydrogens is 781 g/mol. The second kappa shape index (κ2) is 14.5. The van der Waals surface area contributed by atoms with Gasteiger partial charge in [-0.15, -0.1) is 0 Å². The molecule has 298 valence electrons. The summed E-state index contributed by atoms with van der Waals surface area (Å²) in [6.07, 6.45) is 0. The Morgan fingerprint density at radius 1 is 0.328 bits per heavy atom. The van der Waals surface area contributed by atoms with E-state index in [1.807, 2.05) is 30.3 Å². The lowest BCUT2D eigenvalue weighted by atomic mass is 9.91. The van der Waals surface area contributed by atoms with Gasteiger partial charge < -0.3 is 8.98 Å². The number of hydrogen-bond acceptors (Lipinski definition) is 4. The first-order chi connectivity index (χ1) is 31.7. The summed E-state index contributed by atoms with van der Waals surface area (Å²) in [6.45, 7) is 0. The van der Waals surface area contributed by atoms with Crippen LogP contribution in [-0.4, -0.2) is 19.5 Å². The van der Waals surface area contributed by atoms with Crippen LogP contribution in [0.5, 0.6) is 0 Å². The minimum atomic E-state index is 0.579. The first-order valence-corrected chi connectivity index (χ1v) is 21.6. The zero-order chi connectivity index (χ0) is 42.1. The second-order valence-corrected chi connectivity index (χ2v) is 16.3. The average molecular weight is 817 g/mol. The third-order valence-corrected chi connectivity index (χ3v) is 12.6. The Hall–Kier alpha value is -8.67. The van der Waals surface area contributed by atoms with E-state index >= 15 is 0 Å². The molecule has 0 aliphatic carbocycles. The molecule has 64 heavy (non-hydrogen) atoms. The fraction of sp³-hybridized carbons (Fsp3) is 0. The lowest BCUT2D eigenvalue weighted by molar-refractivity contribution is 0.673. The van der Waals surface area contributed by atoms with Crippen molar-refractivity contribution in [3.63, 3.8) is 0 Å². The lowest BCUT2D eigenvalue weighted by Gasteiger charge is -2.17. The normalized spacial score (nSPS) is 11.8. The van der Waals surface area contributed by atoms with Crippen LogP contribution >= 0.6 is 0 Å². The molecule has 0 unspecified atom stereocenters. The van der Waals surface area contributed by atoms with E-state index in [4.69, 9.17) is 19.4 Å². The maximum atomic E-state index is 6.79. The van der Waals surface area contributed by atoms with Crippen LogP contribution < -0.4 is 0 Å². The molecule has 0 aliphatic heterocycles. The van der Waals surface area contributed by atoms with Crippen LogP contribution in [0.3, 0.4) is 0 Å². The van der Waals surface area contributed by atoms with Crippen LogP contribution in [0.4, 0.5) is 0 Å². The van der Waals surface area contributed by atoms with Crippen molar-refractivity contribution in [3.8, 4) is 62.1 Å². The molecule has 0 saturated heterocycles. The molecule has 0 N–H and O–H groups in total. The van der Waals surface area contributed by atoms with Crippen molar-refractivity contribution in [2.75, 3.05) is 0 Å². The number of rotatable bonds is 6. The van der Waals surface area contributed by atoms with Gasteiger partial charge in [0.15, 0.2) is 17.5 Å². The Balaban J connectivity index is 1.15. The summed E-state index contributed by atoms with van der Waals surface area (Å²) in [5.74, 6) is 1.78. The molecule has 0 amide bonds. The van der Waals surface area contributed by atoms with Gasteiger partial charge in [0.25, 0.3) is 0 Å². The standard InChI is InChI=1S/C59H36N4O/c1-3-17-37(18-4-1)43-24-11-12-27-46(43)58-60-57(38-19-5-2-6-20-38)61-59(62-58)47-32-31-42(63-52-29-15-13-26-45(52)50-33-39-21-7-8-22-40(39)35-53(50)63)36-49(47)51-34-41-23-9-10-25-44(41)56-55(51)48-28-14-16-30-54(48)64-56/h1-36H. The Bertz CT molecular complexity index is 3960. The number of fused-ring (bicyclic) bond motifs is 9. The van der Waals surface area contributed by atoms with E-state index in [1.165, 1.54) is 21.5 Å². The largest absolute Gasteiger partial charge is 0.455 e. The van der Waals surface area contributed by atoms with Crippen LogP contribution in [0.1, 0.15) is 0 Å². The van der Waals surface area contributed by atoms with Gasteiger partial charge in [-0.05, 0) is 86.9 Å². The Kier molecular flexibility index (Phi) is 8.15. The van der Waals surface area contributed by atoms with Crippen LogP contribution in [-0.2, 0) is 0 Å². The zero-order valence-electron chi connectivity index (χ0n) is 34.5. The molecule has 3 heterocycles. The minimum Gasteiger partial charge on any atom is -0.455 e. The summed E-state index contributed by atoms with van der Waals surface area (Å²) >= 11 is 0. The molecule has 0 atom stereocenters. The quantitative estimate of drug-likeness (QED) is 0.168. The topological polar surface area (TPSA) is 56.7 Å². The number of aromatic nitrogens is 4. The number of benzene rings is 10. The van der Waals surface area contributed by atoms with Gasteiger partial charge in [-0.3, -0.25) is 0 Å². The highest BCUT2D eigenvalue weighted by molar-refractivity contribution is 6.22. The highest BCUT2D eigenvalue weighted by Crippen LogP contribution is 2.46. The van der Waals surface area contributed by atoms with Gasteiger partial charge in [-0.1, -0.05) is 170 Å². The fourth-order valence-electron chi connectivity index (χ4n) is 9.68. The van der Waals surface area contributed by atoms with Crippen LogP contribution in [0.2, 0.25) is 0 Å². The van der Waals surface area contributed by atoms with E-state index in [0.29, 0.717) is 17.5 Å². The Labute approximate surface area is 368 Å². The van der Waals surface area contributed by atoms with Crippen molar-refractivity contribution in [1.29, 1.82) is 0 Å². The molecule has 13 aromatic rings. The first kappa shape index (κ1) is 36.0. The van der Waals surface area contributed by atoms with E-state index in [0.717, 1.165) is 88.4 Å². The monoisotopic (exact) mass is 816 g/mol. The van der Waals surface area contributed by atoms with Gasteiger partial charge in [0, 0.05) is 49.3 Å². The van der Waals surface area contributed by atoms with Crippen molar-refractivity contribution in [1.82, 2.24) is 19.5 Å². The molecule has 13 rings (SSSR count). The maximum Gasteiger partial charge on any atom is 0.164 e. The molecule has 5 nitrogen and oxygen atoms in total. The van der Waals surface area contributed by atoms with Crippen LogP contribution in [0.15, 0.2) is 223 Å². The van der Waals surface area contributed by atoms with Gasteiger partial charge in [0.2, 0.25) is 0 Å². The van der Waals surface area contributed by atoms with E-state index in [-0.39, 0.29) is 0 Å². The zero-order valence-corrected chi connectivity index (χ0v) is 34.5. The van der Waals surface area contributed by atoms with E-state index in [9.17, 15) is 0 Å². The smallest absolute Gasteiger partial charge is 0.164 e. The molecule has 3 aromatic heterocycles. The van der Waals surface area contributed by atoms with Gasteiger partial charge >= 0.3 is 0 Å². The third kappa shape index (κ3) is 5.75. The molecule has 0 saturated carbocycles. The SMILES string of the molecule is c1ccc(-c2nc(-c3ccccc3-c3ccccc3)nc(-c3ccc(-n4c5ccccc5c5cc6ccccc6cc54)cc3-c3cc4ccccc4c4oc5ccccc5c34)n2)cc1. The van der Waals surface area contributed by atoms with Crippen molar-refractivity contribution in [3.05, 3.63) is 218 Å². The highest BCUT2D eigenvalue weighted by Gasteiger charge is 2.24. The summed E-state index contributed by atoms with van der Waals surface area (Å²) < 4.78 is 9.20. The van der Waals surface area contributed by atoms with Crippen LogP contribution in [0.25, 0.3) is 127 Å². The van der Waals surface area contributed by atoms with Crippen molar-refractivity contribution < 1.29 is 4.42 Å². The van der Waals surface area contributed by atoms with Crippen molar-refractivity contribution in [2.24, 2.45) is 0 Å². The first-order valence-electron chi connectivity index (χ1n) is 21.6. The molecule has 5 heteroatoms. The number of para-hydroxylation sites is 2. The van der Waals surface area contributed by atoms with Crippen LogP contribution in [0, 0.1) is 0 Å². The molecule has 0 radical (unpaired) electrons. The predicted molar refractivity (Wildman–Crippen MR) is 264 cm³/mol. The molecule has 0 bridgehead atoms. The van der Waals surface area contributed by atoms with Crippen molar-refractivity contribution >= 4 is 65.3 Å². The average Bonchev–Trinajstić information content (AvgIpc) is 3.92. The number of nitrogens with zero attached hydrogens (tertiary/aromatic N) is 4. The van der Waals surface area contributed by atoms with Gasteiger partial charge in [0.1, 0.15) is 11.2 Å². The van der Waals surface area contributed by atoms with Crippen molar-refractivity contribution in [2.45, 2.75) is 0 Å². The second-order valence-electron chi connectivity index (χ2n) is 16.3. The fourth-order valence-corrected chi connectivity index (χ4v) is 9.68. The summed E-state index contributed by atoms with van der Waals surface area (Å²) in [6, 6.07) is 76.9. The summed E-state index contributed by atoms with van der Waals surface area (Å²) in [5, 5.41) is 9.07. The summed E-state index contributed by atoms with van der Waals surface area (Å²) in [4.78, 5) is 16.0. The highest BCUT2D eigenvalue weighted by atomic mass is 16.3. The number of furan rings is 1. The summed E-state index contributed by atoms with van der Waals surface area (Å²) in [7, 11) is 0. The Morgan fingerprint density at radius 3 is 1.69 bits per heavy atom. The van der Waals surface area contributed by atoms with E-state index < -0.39 is 0 Å². The molecular formula is C59H36N4O. The maximum absolute atomic E-state index is 6.79.